The average molecular weight is 439 g/mol. The molecule has 1 heterocycles. The van der Waals surface area contributed by atoms with Crippen LogP contribution in [0.3, 0.4) is 0 Å². The number of benzene rings is 2. The van der Waals surface area contributed by atoms with Gasteiger partial charge in [0.25, 0.3) is 0 Å². The van der Waals surface area contributed by atoms with Crippen LogP contribution in [0.15, 0.2) is 54.6 Å². The second-order valence-corrected chi connectivity index (χ2v) is 7.87. The van der Waals surface area contributed by atoms with Gasteiger partial charge in [0, 0.05) is 44.2 Å². The molecule has 0 aromatic heterocycles. The van der Waals surface area contributed by atoms with Gasteiger partial charge in [-0.3, -0.25) is 9.59 Å². The number of hydrogen-bond donors (Lipinski definition) is 3. The van der Waals surface area contributed by atoms with Crippen molar-refractivity contribution in [2.75, 3.05) is 25.5 Å². The fourth-order valence-electron chi connectivity index (χ4n) is 3.74. The largest absolute Gasteiger partial charge is 0.497 e. The summed E-state index contributed by atoms with van der Waals surface area (Å²) in [6, 6.07) is 15.9. The Bertz CT molecular complexity index is 927. The first kappa shape index (κ1) is 23.1. The first-order valence-electron chi connectivity index (χ1n) is 10.8. The number of methoxy groups -OCH3 is 1. The first-order valence-corrected chi connectivity index (χ1v) is 10.8. The monoisotopic (exact) mass is 438 g/mol. The van der Waals surface area contributed by atoms with E-state index >= 15 is 0 Å². The van der Waals surface area contributed by atoms with Gasteiger partial charge in [-0.2, -0.15) is 0 Å². The Balaban J connectivity index is 1.50. The number of likely N-dealkylation sites (tertiary alicyclic amines) is 1. The minimum Gasteiger partial charge on any atom is -0.497 e. The summed E-state index contributed by atoms with van der Waals surface area (Å²) < 4.78 is 5.18. The number of nitrogens with one attached hydrogen (secondary N) is 3. The quantitative estimate of drug-likeness (QED) is 0.619. The van der Waals surface area contributed by atoms with E-state index in [9.17, 15) is 14.4 Å². The van der Waals surface area contributed by atoms with E-state index in [1.54, 1.807) is 18.1 Å². The highest BCUT2D eigenvalue weighted by atomic mass is 16.5. The van der Waals surface area contributed by atoms with Gasteiger partial charge in [-0.15, -0.1) is 0 Å². The van der Waals surface area contributed by atoms with Crippen molar-refractivity contribution in [1.82, 2.24) is 15.5 Å². The Morgan fingerprint density at radius 3 is 2.44 bits per heavy atom. The molecule has 1 aliphatic rings. The maximum atomic E-state index is 12.8. The predicted molar refractivity (Wildman–Crippen MR) is 123 cm³/mol. The molecule has 0 bridgehead atoms. The lowest BCUT2D eigenvalue weighted by Crippen LogP contribution is -2.53. The Morgan fingerprint density at radius 1 is 1.06 bits per heavy atom. The van der Waals surface area contributed by atoms with E-state index in [0.29, 0.717) is 43.8 Å². The summed E-state index contributed by atoms with van der Waals surface area (Å²) in [5.74, 6) is 0.224. The van der Waals surface area contributed by atoms with Crippen molar-refractivity contribution < 1.29 is 19.1 Å². The van der Waals surface area contributed by atoms with Crippen molar-refractivity contribution in [3.8, 4) is 5.75 Å². The number of nitrogens with zero attached hydrogens (tertiary/aromatic N) is 1. The molecule has 4 amide bonds. The zero-order valence-electron chi connectivity index (χ0n) is 18.5. The van der Waals surface area contributed by atoms with Gasteiger partial charge >= 0.3 is 6.03 Å². The fourth-order valence-corrected chi connectivity index (χ4v) is 3.74. The molecule has 0 aliphatic carbocycles. The second kappa shape index (κ2) is 11.2. The molecule has 0 saturated carbocycles. The number of rotatable bonds is 7. The maximum Gasteiger partial charge on any atom is 0.321 e. The molecule has 0 unspecified atom stereocenters. The Hall–Kier alpha value is -3.55. The molecule has 8 heteroatoms. The molecule has 0 radical (unpaired) electrons. The summed E-state index contributed by atoms with van der Waals surface area (Å²) >= 11 is 0. The fraction of sp³-hybridized carbons (Fsp3) is 0.375. The van der Waals surface area contributed by atoms with Gasteiger partial charge < -0.3 is 25.6 Å². The van der Waals surface area contributed by atoms with Gasteiger partial charge in [0.2, 0.25) is 11.8 Å². The third kappa shape index (κ3) is 6.73. The molecule has 2 aromatic carbocycles. The van der Waals surface area contributed by atoms with Crippen LogP contribution >= 0.6 is 0 Å². The molecule has 0 spiro atoms. The van der Waals surface area contributed by atoms with Gasteiger partial charge in [-0.25, -0.2) is 4.79 Å². The minimum absolute atomic E-state index is 0.0459. The van der Waals surface area contributed by atoms with Crippen molar-refractivity contribution in [2.45, 2.75) is 38.3 Å². The molecule has 1 aliphatic heterocycles. The molecular formula is C24H30N4O4. The number of urea groups is 1. The van der Waals surface area contributed by atoms with Crippen molar-refractivity contribution in [2.24, 2.45) is 0 Å². The van der Waals surface area contributed by atoms with Crippen molar-refractivity contribution >= 4 is 23.5 Å². The minimum atomic E-state index is -0.635. The van der Waals surface area contributed by atoms with Crippen LogP contribution in [0, 0.1) is 0 Å². The number of ether oxygens (including phenoxy) is 1. The van der Waals surface area contributed by atoms with E-state index in [-0.39, 0.29) is 23.9 Å². The number of carbonyl (C=O) groups excluding carboxylic acids is 3. The second-order valence-electron chi connectivity index (χ2n) is 7.87. The molecular weight excluding hydrogens is 408 g/mol. The number of carbonyl (C=O) groups is 3. The summed E-state index contributed by atoms with van der Waals surface area (Å²) in [5, 5.41) is 8.67. The maximum absolute atomic E-state index is 12.8. The third-order valence-electron chi connectivity index (χ3n) is 5.43. The SMILES string of the molecule is COc1cccc(NC(=O)N2CCC(NC(=O)[C@@H](Cc3ccccc3)NC(C)=O)CC2)c1. The van der Waals surface area contributed by atoms with Crippen molar-refractivity contribution in [3.05, 3.63) is 60.2 Å². The molecule has 3 N–H and O–H groups in total. The van der Waals surface area contributed by atoms with Gasteiger partial charge in [0.15, 0.2) is 0 Å². The van der Waals surface area contributed by atoms with Gasteiger partial charge in [-0.05, 0) is 30.5 Å². The van der Waals surface area contributed by atoms with E-state index in [1.807, 2.05) is 48.5 Å². The number of anilines is 1. The normalized spacial score (nSPS) is 14.9. The molecule has 2 aromatic rings. The Labute approximate surface area is 188 Å². The van der Waals surface area contributed by atoms with Crippen LogP contribution in [-0.4, -0.2) is 55.0 Å². The third-order valence-corrected chi connectivity index (χ3v) is 5.43. The topological polar surface area (TPSA) is 99.8 Å². The van der Waals surface area contributed by atoms with Gasteiger partial charge in [-0.1, -0.05) is 36.4 Å². The highest BCUT2D eigenvalue weighted by molar-refractivity contribution is 5.90. The summed E-state index contributed by atoms with van der Waals surface area (Å²) in [6.07, 6.45) is 1.72. The van der Waals surface area contributed by atoms with Gasteiger partial charge in [0.1, 0.15) is 11.8 Å². The summed E-state index contributed by atoms with van der Waals surface area (Å²) in [4.78, 5) is 38.7. The number of piperidine rings is 1. The van der Waals surface area contributed by atoms with E-state index in [0.717, 1.165) is 5.56 Å². The molecule has 8 nitrogen and oxygen atoms in total. The van der Waals surface area contributed by atoms with Crippen LogP contribution < -0.4 is 20.7 Å². The average Bonchev–Trinajstić information content (AvgIpc) is 2.79. The van der Waals surface area contributed by atoms with Crippen LogP contribution in [0.1, 0.15) is 25.3 Å². The van der Waals surface area contributed by atoms with Crippen LogP contribution in [0.5, 0.6) is 5.75 Å². The van der Waals surface area contributed by atoms with Crippen molar-refractivity contribution in [1.29, 1.82) is 0 Å². The van der Waals surface area contributed by atoms with E-state index in [4.69, 9.17) is 4.74 Å². The summed E-state index contributed by atoms with van der Waals surface area (Å²) in [5.41, 5.74) is 1.65. The molecule has 170 valence electrons. The number of hydrogen-bond acceptors (Lipinski definition) is 4. The first-order chi connectivity index (χ1) is 15.4. The molecule has 1 saturated heterocycles. The highest BCUT2D eigenvalue weighted by Gasteiger charge is 2.27. The van der Waals surface area contributed by atoms with E-state index in [2.05, 4.69) is 16.0 Å². The molecule has 32 heavy (non-hydrogen) atoms. The zero-order chi connectivity index (χ0) is 22.9. The van der Waals surface area contributed by atoms with Gasteiger partial charge in [0.05, 0.1) is 7.11 Å². The molecule has 3 rings (SSSR count). The molecule has 1 fully saturated rings. The lowest BCUT2D eigenvalue weighted by atomic mass is 10.0. The lowest BCUT2D eigenvalue weighted by Gasteiger charge is -2.33. The zero-order valence-corrected chi connectivity index (χ0v) is 18.5. The van der Waals surface area contributed by atoms with E-state index < -0.39 is 6.04 Å². The number of amides is 4. The summed E-state index contributed by atoms with van der Waals surface area (Å²) in [6.45, 7) is 2.47. The smallest absolute Gasteiger partial charge is 0.321 e. The van der Waals surface area contributed by atoms with Crippen molar-refractivity contribution in [3.63, 3.8) is 0 Å². The molecule has 1 atom stereocenters. The van der Waals surface area contributed by atoms with Crippen LogP contribution in [-0.2, 0) is 16.0 Å². The Kier molecular flexibility index (Phi) is 8.08. The van der Waals surface area contributed by atoms with Crippen LogP contribution in [0.25, 0.3) is 0 Å². The Morgan fingerprint density at radius 2 is 1.78 bits per heavy atom. The standard InChI is InChI=1S/C24H30N4O4/c1-17(29)25-22(15-18-7-4-3-5-8-18)23(30)26-19-11-13-28(14-12-19)24(31)27-20-9-6-10-21(16-20)32-2/h3-10,16,19,22H,11-15H2,1-2H3,(H,25,29)(H,26,30)(H,27,31)/t22-/m1/s1. The summed E-state index contributed by atoms with van der Waals surface area (Å²) in [7, 11) is 1.58. The van der Waals surface area contributed by atoms with Crippen LogP contribution in [0.4, 0.5) is 10.5 Å². The van der Waals surface area contributed by atoms with Crippen LogP contribution in [0.2, 0.25) is 0 Å². The predicted octanol–water partition coefficient (Wildman–Crippen LogP) is 2.56. The highest BCUT2D eigenvalue weighted by Crippen LogP contribution is 2.18. The van der Waals surface area contributed by atoms with E-state index in [1.165, 1.54) is 6.92 Å². The lowest BCUT2D eigenvalue weighted by molar-refractivity contribution is -0.128.